The fraction of sp³-hybridized carbons (Fsp3) is 0.148. The molecule has 37 heavy (non-hydrogen) atoms. The van der Waals surface area contributed by atoms with E-state index < -0.39 is 11.8 Å². The second kappa shape index (κ2) is 12.9. The summed E-state index contributed by atoms with van der Waals surface area (Å²) in [7, 11) is 1.55. The highest BCUT2D eigenvalue weighted by molar-refractivity contribution is 6.32. The van der Waals surface area contributed by atoms with Crippen LogP contribution in [0, 0.1) is 11.3 Å². The summed E-state index contributed by atoms with van der Waals surface area (Å²) in [5, 5.41) is 24.3. The number of phenolic OH excluding ortho intramolecular Hbond substituents is 1. The van der Waals surface area contributed by atoms with E-state index in [0.29, 0.717) is 22.7 Å². The Labute approximate surface area is 218 Å². The van der Waals surface area contributed by atoms with Crippen molar-refractivity contribution in [3.63, 3.8) is 0 Å². The minimum atomic E-state index is -0.641. The van der Waals surface area contributed by atoms with E-state index >= 15 is 0 Å². The second-order valence-corrected chi connectivity index (χ2v) is 7.91. The molecule has 0 unspecified atom stereocenters. The molecule has 0 spiro atoms. The maximum absolute atomic E-state index is 12.6. The largest absolute Gasteiger partial charge is 0.508 e. The van der Waals surface area contributed by atoms with Gasteiger partial charge in [-0.05, 0) is 79.2 Å². The van der Waals surface area contributed by atoms with Crippen LogP contribution in [0.25, 0.3) is 6.08 Å². The van der Waals surface area contributed by atoms with E-state index in [2.05, 4.69) is 10.6 Å². The zero-order chi connectivity index (χ0) is 26.8. The van der Waals surface area contributed by atoms with Gasteiger partial charge in [0.2, 0.25) is 0 Å². The van der Waals surface area contributed by atoms with Crippen LogP contribution in [0.2, 0.25) is 5.02 Å². The van der Waals surface area contributed by atoms with Crippen molar-refractivity contribution in [3.05, 3.63) is 76.8 Å². The molecule has 9 nitrogen and oxygen atoms in total. The van der Waals surface area contributed by atoms with E-state index in [1.54, 1.807) is 44.4 Å². The van der Waals surface area contributed by atoms with Crippen LogP contribution >= 0.6 is 11.6 Å². The molecule has 0 bridgehead atoms. The van der Waals surface area contributed by atoms with Gasteiger partial charge in [-0.15, -0.1) is 0 Å². The number of hydrogen-bond donors (Lipinski definition) is 3. The predicted octanol–water partition coefficient (Wildman–Crippen LogP) is 5.02. The van der Waals surface area contributed by atoms with Crippen molar-refractivity contribution in [1.29, 1.82) is 5.26 Å². The Bertz CT molecular complexity index is 1330. The standard InChI is InChI=1S/C27H24ClN3O6/c1-3-36-24-14-17(12-18(15-29)27(34)31-20-4-8-21(32)9-5-20)13-23(28)26(24)37-16-25(33)30-19-6-10-22(35-2)11-7-19/h4-14,32H,3,16H2,1-2H3,(H,30,33)(H,31,34)/b18-12+. The summed E-state index contributed by atoms with van der Waals surface area (Å²) >= 11 is 6.41. The van der Waals surface area contributed by atoms with Crippen molar-refractivity contribution >= 4 is 40.9 Å². The summed E-state index contributed by atoms with van der Waals surface area (Å²) in [6, 6.07) is 17.6. The van der Waals surface area contributed by atoms with Crippen LogP contribution in [0.4, 0.5) is 11.4 Å². The molecule has 0 fully saturated rings. The number of hydrogen-bond acceptors (Lipinski definition) is 7. The molecule has 2 amide bonds. The van der Waals surface area contributed by atoms with Crippen LogP contribution in [0.15, 0.2) is 66.2 Å². The molecule has 3 rings (SSSR count). The first-order chi connectivity index (χ1) is 17.8. The number of carbonyl (C=O) groups is 2. The first-order valence-electron chi connectivity index (χ1n) is 11.1. The van der Waals surface area contributed by atoms with Crippen LogP contribution in [-0.2, 0) is 9.59 Å². The fourth-order valence-electron chi connectivity index (χ4n) is 3.14. The van der Waals surface area contributed by atoms with Crippen molar-refractivity contribution < 1.29 is 28.9 Å². The van der Waals surface area contributed by atoms with Gasteiger partial charge in [-0.1, -0.05) is 11.6 Å². The van der Waals surface area contributed by atoms with Crippen LogP contribution in [-0.4, -0.2) is 37.2 Å². The zero-order valence-electron chi connectivity index (χ0n) is 20.1. The van der Waals surface area contributed by atoms with Crippen LogP contribution < -0.4 is 24.8 Å². The average Bonchev–Trinajstić information content (AvgIpc) is 2.88. The number of benzene rings is 3. The first-order valence-corrected chi connectivity index (χ1v) is 11.5. The van der Waals surface area contributed by atoms with Crippen LogP contribution in [0.5, 0.6) is 23.0 Å². The zero-order valence-corrected chi connectivity index (χ0v) is 20.8. The molecule has 3 aromatic rings. The van der Waals surface area contributed by atoms with E-state index in [1.807, 2.05) is 6.07 Å². The van der Waals surface area contributed by atoms with E-state index in [1.165, 1.54) is 36.4 Å². The molecule has 10 heteroatoms. The van der Waals surface area contributed by atoms with E-state index in [9.17, 15) is 20.0 Å². The molecule has 0 aliphatic rings. The first kappa shape index (κ1) is 26.9. The number of nitrogens with zero attached hydrogens (tertiary/aromatic N) is 1. The fourth-order valence-corrected chi connectivity index (χ4v) is 3.42. The van der Waals surface area contributed by atoms with Crippen LogP contribution in [0.3, 0.4) is 0 Å². The van der Waals surface area contributed by atoms with Crippen molar-refractivity contribution in [3.8, 4) is 29.1 Å². The summed E-state index contributed by atoms with van der Waals surface area (Å²) < 4.78 is 16.4. The SMILES string of the molecule is CCOc1cc(/C=C(\C#N)C(=O)Nc2ccc(O)cc2)cc(Cl)c1OCC(=O)Nc1ccc(OC)cc1. The van der Waals surface area contributed by atoms with Gasteiger partial charge in [0, 0.05) is 11.4 Å². The lowest BCUT2D eigenvalue weighted by Crippen LogP contribution is -2.20. The number of amides is 2. The topological polar surface area (TPSA) is 130 Å². The molecule has 0 heterocycles. The Hall–Kier alpha value is -4.68. The van der Waals surface area contributed by atoms with Gasteiger partial charge in [-0.3, -0.25) is 9.59 Å². The van der Waals surface area contributed by atoms with Gasteiger partial charge in [0.15, 0.2) is 18.1 Å². The van der Waals surface area contributed by atoms with Gasteiger partial charge >= 0.3 is 0 Å². The minimum absolute atomic E-state index is 0.0488. The summed E-state index contributed by atoms with van der Waals surface area (Å²) in [4.78, 5) is 24.9. The normalized spacial score (nSPS) is 10.7. The molecule has 0 saturated carbocycles. The number of aromatic hydroxyl groups is 1. The van der Waals surface area contributed by atoms with E-state index in [-0.39, 0.29) is 41.1 Å². The molecule has 0 atom stereocenters. The van der Waals surface area contributed by atoms with Gasteiger partial charge in [0.25, 0.3) is 11.8 Å². The van der Waals surface area contributed by atoms with Crippen molar-refractivity contribution in [2.24, 2.45) is 0 Å². The summed E-state index contributed by atoms with van der Waals surface area (Å²) in [6.45, 7) is 1.71. The molecule has 3 N–H and O–H groups in total. The second-order valence-electron chi connectivity index (χ2n) is 7.50. The number of nitriles is 1. The number of ether oxygens (including phenoxy) is 3. The van der Waals surface area contributed by atoms with Crippen LogP contribution in [0.1, 0.15) is 12.5 Å². The molecule has 190 valence electrons. The van der Waals surface area contributed by atoms with Crippen molar-refractivity contribution in [2.75, 3.05) is 31.0 Å². The Morgan fingerprint density at radius 2 is 1.68 bits per heavy atom. The number of phenols is 1. The van der Waals surface area contributed by atoms with Crippen molar-refractivity contribution in [1.82, 2.24) is 0 Å². The van der Waals surface area contributed by atoms with Crippen molar-refractivity contribution in [2.45, 2.75) is 6.92 Å². The number of rotatable bonds is 10. The summed E-state index contributed by atoms with van der Waals surface area (Å²) in [6.07, 6.45) is 1.35. The molecular weight excluding hydrogens is 498 g/mol. The molecule has 0 aromatic heterocycles. The Morgan fingerprint density at radius 3 is 2.30 bits per heavy atom. The third-order valence-corrected chi connectivity index (χ3v) is 5.14. The van der Waals surface area contributed by atoms with Gasteiger partial charge in [0.05, 0.1) is 18.7 Å². The smallest absolute Gasteiger partial charge is 0.266 e. The number of carbonyl (C=O) groups excluding carboxylic acids is 2. The number of methoxy groups -OCH3 is 1. The number of halogens is 1. The van der Waals surface area contributed by atoms with Gasteiger partial charge in [-0.2, -0.15) is 5.26 Å². The third kappa shape index (κ3) is 7.65. The van der Waals surface area contributed by atoms with E-state index in [4.69, 9.17) is 25.8 Å². The van der Waals surface area contributed by atoms with Gasteiger partial charge in [-0.25, -0.2) is 0 Å². The molecule has 0 saturated heterocycles. The highest BCUT2D eigenvalue weighted by atomic mass is 35.5. The Balaban J connectivity index is 1.74. The summed E-state index contributed by atoms with van der Waals surface area (Å²) in [5.41, 5.74) is 1.22. The third-order valence-electron chi connectivity index (χ3n) is 4.85. The number of nitrogens with one attached hydrogen (secondary N) is 2. The maximum Gasteiger partial charge on any atom is 0.266 e. The highest BCUT2D eigenvalue weighted by Gasteiger charge is 2.16. The average molecular weight is 522 g/mol. The monoisotopic (exact) mass is 521 g/mol. The highest BCUT2D eigenvalue weighted by Crippen LogP contribution is 2.37. The number of anilines is 2. The molecule has 0 aliphatic heterocycles. The quantitative estimate of drug-likeness (QED) is 0.194. The predicted molar refractivity (Wildman–Crippen MR) is 140 cm³/mol. The Kier molecular flexibility index (Phi) is 9.35. The maximum atomic E-state index is 12.6. The molecule has 3 aromatic carbocycles. The lowest BCUT2D eigenvalue weighted by Gasteiger charge is -2.15. The molecular formula is C27H24ClN3O6. The lowest BCUT2D eigenvalue weighted by molar-refractivity contribution is -0.118. The van der Waals surface area contributed by atoms with Gasteiger partial charge in [0.1, 0.15) is 23.1 Å². The summed E-state index contributed by atoms with van der Waals surface area (Å²) in [5.74, 6) is 0.0528. The molecule has 0 radical (unpaired) electrons. The molecule has 0 aliphatic carbocycles. The van der Waals surface area contributed by atoms with E-state index in [0.717, 1.165) is 0 Å². The Morgan fingerprint density at radius 1 is 1.03 bits per heavy atom. The lowest BCUT2D eigenvalue weighted by atomic mass is 10.1. The minimum Gasteiger partial charge on any atom is -0.508 e. The van der Waals surface area contributed by atoms with Gasteiger partial charge < -0.3 is 30.0 Å².